The van der Waals surface area contributed by atoms with Gasteiger partial charge in [-0.05, 0) is 30.9 Å². The Morgan fingerprint density at radius 1 is 1.00 bits per heavy atom. The molecule has 2 aromatic heterocycles. The lowest BCUT2D eigenvalue weighted by molar-refractivity contribution is 0.0695. The first kappa shape index (κ1) is 19.2. The van der Waals surface area contributed by atoms with E-state index < -0.39 is 0 Å². The van der Waals surface area contributed by atoms with Crippen LogP contribution in [0.4, 0.5) is 5.82 Å². The van der Waals surface area contributed by atoms with Crippen molar-refractivity contribution in [2.45, 2.75) is 12.8 Å². The van der Waals surface area contributed by atoms with Crippen molar-refractivity contribution in [1.82, 2.24) is 24.5 Å². The molecule has 156 valence electrons. The van der Waals surface area contributed by atoms with Crippen LogP contribution >= 0.6 is 0 Å². The molecule has 5 rings (SSSR count). The molecule has 1 amide bonds. The number of amides is 1. The molecule has 2 aromatic carbocycles. The number of nitrogens with one attached hydrogen (secondary N) is 1. The molecule has 1 N–H and O–H groups in total. The molecule has 0 bridgehead atoms. The number of anilines is 1. The fourth-order valence-corrected chi connectivity index (χ4v) is 4.05. The molecule has 1 fully saturated rings. The average molecular weight is 412 g/mol. The number of likely N-dealkylation sites (tertiary alicyclic amines) is 1. The smallest absolute Gasteiger partial charge is 0.254 e. The number of carbonyl (C=O) groups is 1. The van der Waals surface area contributed by atoms with Crippen molar-refractivity contribution in [3.63, 3.8) is 0 Å². The van der Waals surface area contributed by atoms with Gasteiger partial charge in [0.25, 0.3) is 11.7 Å². The van der Waals surface area contributed by atoms with E-state index in [1.165, 1.54) is 6.33 Å². The number of piperidine rings is 1. The number of rotatable bonds is 5. The monoisotopic (exact) mass is 412 g/mol. The van der Waals surface area contributed by atoms with Crippen LogP contribution in [-0.2, 0) is 0 Å². The van der Waals surface area contributed by atoms with Crippen LogP contribution in [0.15, 0.2) is 73.1 Å². The van der Waals surface area contributed by atoms with Gasteiger partial charge in [-0.15, -0.1) is 0 Å². The number of carbonyl (C=O) groups excluding carboxylic acids is 1. The fraction of sp³-hybridized carbons (Fsp3) is 0.250. The molecule has 0 saturated carbocycles. The number of benzene rings is 2. The fourth-order valence-electron chi connectivity index (χ4n) is 4.05. The van der Waals surface area contributed by atoms with E-state index in [1.807, 2.05) is 71.6 Å². The van der Waals surface area contributed by atoms with Crippen molar-refractivity contribution in [3.05, 3.63) is 78.6 Å². The second-order valence-corrected chi connectivity index (χ2v) is 7.85. The van der Waals surface area contributed by atoms with E-state index in [4.69, 9.17) is 0 Å². The first-order chi connectivity index (χ1) is 15.3. The summed E-state index contributed by atoms with van der Waals surface area (Å²) in [4.78, 5) is 23.5. The molecule has 0 aliphatic carbocycles. The molecule has 4 aromatic rings. The quantitative estimate of drug-likeness (QED) is 0.540. The highest BCUT2D eigenvalue weighted by molar-refractivity contribution is 5.94. The molecule has 0 atom stereocenters. The van der Waals surface area contributed by atoms with Crippen LogP contribution in [0.25, 0.3) is 17.0 Å². The lowest BCUT2D eigenvalue weighted by Crippen LogP contribution is -2.40. The third kappa shape index (κ3) is 4.12. The Bertz CT molecular complexity index is 1170. The Hall–Kier alpha value is -3.74. The number of aromatic nitrogens is 4. The van der Waals surface area contributed by atoms with Gasteiger partial charge in [-0.3, -0.25) is 4.79 Å². The van der Waals surface area contributed by atoms with E-state index in [-0.39, 0.29) is 5.91 Å². The van der Waals surface area contributed by atoms with Crippen molar-refractivity contribution in [2.24, 2.45) is 5.92 Å². The van der Waals surface area contributed by atoms with Crippen molar-refractivity contribution >= 4 is 17.5 Å². The summed E-state index contributed by atoms with van der Waals surface area (Å²) in [6.45, 7) is 2.38. The van der Waals surface area contributed by atoms with Gasteiger partial charge in [0.15, 0.2) is 0 Å². The van der Waals surface area contributed by atoms with Crippen molar-refractivity contribution < 1.29 is 4.79 Å². The van der Waals surface area contributed by atoms with E-state index >= 15 is 0 Å². The van der Waals surface area contributed by atoms with E-state index in [1.54, 1.807) is 4.52 Å². The normalized spacial score (nSPS) is 14.6. The van der Waals surface area contributed by atoms with Crippen LogP contribution < -0.4 is 5.32 Å². The average Bonchev–Trinajstić information content (AvgIpc) is 3.32. The molecule has 7 nitrogen and oxygen atoms in total. The number of hydrogen-bond donors (Lipinski definition) is 1. The van der Waals surface area contributed by atoms with Gasteiger partial charge in [0, 0.05) is 36.8 Å². The first-order valence-corrected chi connectivity index (χ1v) is 10.6. The summed E-state index contributed by atoms with van der Waals surface area (Å²) < 4.78 is 1.74. The van der Waals surface area contributed by atoms with Crippen LogP contribution in [0, 0.1) is 5.92 Å². The maximum Gasteiger partial charge on any atom is 0.254 e. The van der Waals surface area contributed by atoms with Crippen LogP contribution in [0.1, 0.15) is 23.2 Å². The van der Waals surface area contributed by atoms with Gasteiger partial charge in [-0.1, -0.05) is 48.5 Å². The first-order valence-electron chi connectivity index (χ1n) is 10.6. The Labute approximate surface area is 180 Å². The molecule has 0 spiro atoms. The molecule has 0 radical (unpaired) electrons. The van der Waals surface area contributed by atoms with Crippen molar-refractivity contribution in [1.29, 1.82) is 0 Å². The van der Waals surface area contributed by atoms with Crippen molar-refractivity contribution in [3.8, 4) is 11.3 Å². The Morgan fingerprint density at radius 2 is 1.71 bits per heavy atom. The largest absolute Gasteiger partial charge is 0.370 e. The summed E-state index contributed by atoms with van der Waals surface area (Å²) in [5, 5.41) is 7.86. The molecule has 31 heavy (non-hydrogen) atoms. The van der Waals surface area contributed by atoms with E-state index in [9.17, 15) is 4.79 Å². The standard InChI is InChI=1S/C24H24N6O/c31-23(20-9-5-2-6-10-20)29-13-11-18(12-14-29)16-25-22-15-21(19-7-3-1-4-8-19)28-24-26-17-27-30(22)24/h1-10,15,17-18,25H,11-14,16H2. The predicted octanol–water partition coefficient (Wildman–Crippen LogP) is 3.76. The Morgan fingerprint density at radius 3 is 2.45 bits per heavy atom. The number of nitrogens with zero attached hydrogens (tertiary/aromatic N) is 5. The van der Waals surface area contributed by atoms with Gasteiger partial charge < -0.3 is 10.2 Å². The highest BCUT2D eigenvalue weighted by Crippen LogP contribution is 2.23. The summed E-state index contributed by atoms with van der Waals surface area (Å²) in [5.74, 6) is 2.07. The molecule has 3 heterocycles. The van der Waals surface area contributed by atoms with E-state index in [0.717, 1.165) is 55.1 Å². The van der Waals surface area contributed by atoms with E-state index in [0.29, 0.717) is 11.7 Å². The molecule has 0 unspecified atom stereocenters. The number of hydrogen-bond acceptors (Lipinski definition) is 5. The molecule has 1 aliphatic heterocycles. The lowest BCUT2D eigenvalue weighted by Gasteiger charge is -2.32. The third-order valence-electron chi connectivity index (χ3n) is 5.82. The zero-order chi connectivity index (χ0) is 21.0. The van der Waals surface area contributed by atoms with Gasteiger partial charge in [-0.25, -0.2) is 4.98 Å². The second-order valence-electron chi connectivity index (χ2n) is 7.85. The minimum atomic E-state index is 0.123. The maximum atomic E-state index is 12.7. The van der Waals surface area contributed by atoms with Crippen LogP contribution in [0.5, 0.6) is 0 Å². The highest BCUT2D eigenvalue weighted by Gasteiger charge is 2.23. The maximum absolute atomic E-state index is 12.7. The molecule has 1 aliphatic rings. The summed E-state index contributed by atoms with van der Waals surface area (Å²) >= 11 is 0. The SMILES string of the molecule is O=C(c1ccccc1)N1CCC(CNc2cc(-c3ccccc3)nc3ncnn23)CC1. The van der Waals surface area contributed by atoms with Gasteiger partial charge in [0.2, 0.25) is 0 Å². The molecule has 7 heteroatoms. The third-order valence-corrected chi connectivity index (χ3v) is 5.82. The summed E-state index contributed by atoms with van der Waals surface area (Å²) in [7, 11) is 0. The summed E-state index contributed by atoms with van der Waals surface area (Å²) in [6, 6.07) is 21.6. The second kappa shape index (κ2) is 8.55. The zero-order valence-corrected chi connectivity index (χ0v) is 17.2. The van der Waals surface area contributed by atoms with Crippen molar-refractivity contribution in [2.75, 3.05) is 25.0 Å². The summed E-state index contributed by atoms with van der Waals surface area (Å²) in [6.07, 6.45) is 3.47. The molecule has 1 saturated heterocycles. The number of fused-ring (bicyclic) bond motifs is 1. The van der Waals surface area contributed by atoms with Gasteiger partial charge in [-0.2, -0.15) is 14.6 Å². The predicted molar refractivity (Wildman–Crippen MR) is 120 cm³/mol. The topological polar surface area (TPSA) is 75.4 Å². The van der Waals surface area contributed by atoms with Gasteiger partial charge in [0.05, 0.1) is 5.69 Å². The van der Waals surface area contributed by atoms with Gasteiger partial charge in [0.1, 0.15) is 12.1 Å². The highest BCUT2D eigenvalue weighted by atomic mass is 16.2. The van der Waals surface area contributed by atoms with Gasteiger partial charge >= 0.3 is 0 Å². The Kier molecular flexibility index (Phi) is 5.31. The minimum Gasteiger partial charge on any atom is -0.370 e. The van der Waals surface area contributed by atoms with Crippen LogP contribution in [0.2, 0.25) is 0 Å². The van der Waals surface area contributed by atoms with Crippen LogP contribution in [0.3, 0.4) is 0 Å². The molecular formula is C24H24N6O. The lowest BCUT2D eigenvalue weighted by atomic mass is 9.96. The Balaban J connectivity index is 1.25. The minimum absolute atomic E-state index is 0.123. The zero-order valence-electron chi connectivity index (χ0n) is 17.2. The molecular weight excluding hydrogens is 388 g/mol. The van der Waals surface area contributed by atoms with Crippen LogP contribution in [-0.4, -0.2) is 50.0 Å². The van der Waals surface area contributed by atoms with E-state index in [2.05, 4.69) is 20.4 Å². The summed E-state index contributed by atoms with van der Waals surface area (Å²) in [5.41, 5.74) is 2.67.